The smallest absolute Gasteiger partial charge is 0.333 e. The van der Waals surface area contributed by atoms with E-state index in [1.165, 1.54) is 13.5 Å². The molecule has 1 rings (SSSR count). The molecule has 1 fully saturated rings. The molecular formula is C13H24N2O2. The Hall–Kier alpha value is -0.870. The lowest BCUT2D eigenvalue weighted by atomic mass is 9.94. The standard InChI is InChI=1S/C13H24N2O2/c1-10(13(16)17-4)5-7-14-12-6-8-15(3)9-11(12)2/h5,11-12,14H,6-9H2,1-4H3. The maximum absolute atomic E-state index is 11.2. The monoisotopic (exact) mass is 240 g/mol. The molecule has 0 aliphatic carbocycles. The second-order valence-corrected chi connectivity index (χ2v) is 4.92. The zero-order chi connectivity index (χ0) is 12.8. The number of hydrogen-bond acceptors (Lipinski definition) is 4. The fourth-order valence-electron chi connectivity index (χ4n) is 2.27. The van der Waals surface area contributed by atoms with Gasteiger partial charge in [0.1, 0.15) is 0 Å². The predicted molar refractivity (Wildman–Crippen MR) is 68.8 cm³/mol. The van der Waals surface area contributed by atoms with Crippen molar-refractivity contribution in [2.75, 3.05) is 33.8 Å². The molecule has 1 aliphatic heterocycles. The van der Waals surface area contributed by atoms with E-state index in [1.54, 1.807) is 6.92 Å². The lowest BCUT2D eigenvalue weighted by Gasteiger charge is -2.35. The fraction of sp³-hybridized carbons (Fsp3) is 0.769. The van der Waals surface area contributed by atoms with Gasteiger partial charge in [-0.2, -0.15) is 0 Å². The zero-order valence-electron chi connectivity index (χ0n) is 11.3. The average Bonchev–Trinajstić information content (AvgIpc) is 2.30. The fourth-order valence-corrected chi connectivity index (χ4v) is 2.27. The van der Waals surface area contributed by atoms with Crippen LogP contribution in [0.3, 0.4) is 0 Å². The number of carbonyl (C=O) groups is 1. The average molecular weight is 240 g/mol. The van der Waals surface area contributed by atoms with Crippen molar-refractivity contribution < 1.29 is 9.53 Å². The first-order chi connectivity index (χ1) is 8.04. The molecule has 0 saturated carbocycles. The van der Waals surface area contributed by atoms with Crippen molar-refractivity contribution in [1.29, 1.82) is 0 Å². The molecule has 0 amide bonds. The van der Waals surface area contributed by atoms with Gasteiger partial charge < -0.3 is 15.0 Å². The molecule has 2 unspecified atom stereocenters. The van der Waals surface area contributed by atoms with Crippen LogP contribution < -0.4 is 5.32 Å². The Morgan fingerprint density at radius 1 is 1.59 bits per heavy atom. The van der Waals surface area contributed by atoms with Crippen LogP contribution in [0, 0.1) is 5.92 Å². The second-order valence-electron chi connectivity index (χ2n) is 4.92. The molecule has 0 bridgehead atoms. The number of rotatable bonds is 4. The van der Waals surface area contributed by atoms with Crippen molar-refractivity contribution in [3.05, 3.63) is 11.6 Å². The first-order valence-corrected chi connectivity index (χ1v) is 6.21. The lowest BCUT2D eigenvalue weighted by Crippen LogP contribution is -2.47. The van der Waals surface area contributed by atoms with Crippen LogP contribution in [-0.2, 0) is 9.53 Å². The van der Waals surface area contributed by atoms with Gasteiger partial charge >= 0.3 is 5.97 Å². The second kappa shape index (κ2) is 6.77. The molecule has 0 aromatic heterocycles. The minimum atomic E-state index is -0.247. The molecular weight excluding hydrogens is 216 g/mol. The van der Waals surface area contributed by atoms with Crippen LogP contribution in [0.4, 0.5) is 0 Å². The number of ether oxygens (including phenoxy) is 1. The first-order valence-electron chi connectivity index (χ1n) is 6.21. The van der Waals surface area contributed by atoms with Crippen LogP contribution in [0.2, 0.25) is 0 Å². The summed E-state index contributed by atoms with van der Waals surface area (Å²) in [5, 5.41) is 3.49. The minimum Gasteiger partial charge on any atom is -0.466 e. The summed E-state index contributed by atoms with van der Waals surface area (Å²) >= 11 is 0. The molecule has 17 heavy (non-hydrogen) atoms. The van der Waals surface area contributed by atoms with E-state index in [-0.39, 0.29) is 5.97 Å². The third kappa shape index (κ3) is 4.48. The Labute approximate surface area is 104 Å². The highest BCUT2D eigenvalue weighted by atomic mass is 16.5. The van der Waals surface area contributed by atoms with Gasteiger partial charge in [0.25, 0.3) is 0 Å². The van der Waals surface area contributed by atoms with Crippen molar-refractivity contribution in [3.8, 4) is 0 Å². The summed E-state index contributed by atoms with van der Waals surface area (Å²) in [6, 6.07) is 0.549. The molecule has 1 heterocycles. The molecule has 1 aliphatic rings. The highest BCUT2D eigenvalue weighted by Gasteiger charge is 2.22. The number of likely N-dealkylation sites (tertiary alicyclic amines) is 1. The molecule has 0 aromatic rings. The van der Waals surface area contributed by atoms with Crippen LogP contribution in [0.5, 0.6) is 0 Å². The van der Waals surface area contributed by atoms with E-state index in [0.717, 1.165) is 19.6 Å². The van der Waals surface area contributed by atoms with E-state index in [9.17, 15) is 4.79 Å². The SMILES string of the molecule is COC(=O)C(C)=CCNC1CCN(C)CC1C. The van der Waals surface area contributed by atoms with E-state index in [4.69, 9.17) is 0 Å². The van der Waals surface area contributed by atoms with E-state index < -0.39 is 0 Å². The zero-order valence-corrected chi connectivity index (χ0v) is 11.3. The normalized spacial score (nSPS) is 26.9. The summed E-state index contributed by atoms with van der Waals surface area (Å²) in [4.78, 5) is 13.5. The van der Waals surface area contributed by atoms with Gasteiger partial charge in [-0.3, -0.25) is 0 Å². The number of esters is 1. The van der Waals surface area contributed by atoms with Crippen LogP contribution in [0.1, 0.15) is 20.3 Å². The van der Waals surface area contributed by atoms with Gasteiger partial charge in [0.15, 0.2) is 0 Å². The van der Waals surface area contributed by atoms with Crippen molar-refractivity contribution in [3.63, 3.8) is 0 Å². The van der Waals surface area contributed by atoms with Gasteiger partial charge in [0.2, 0.25) is 0 Å². The Balaban J connectivity index is 2.33. The summed E-state index contributed by atoms with van der Waals surface area (Å²) < 4.78 is 4.65. The number of piperidine rings is 1. The quantitative estimate of drug-likeness (QED) is 0.589. The molecule has 98 valence electrons. The number of carbonyl (C=O) groups excluding carboxylic acids is 1. The molecule has 0 radical (unpaired) electrons. The van der Waals surface area contributed by atoms with Crippen molar-refractivity contribution in [1.82, 2.24) is 10.2 Å². The van der Waals surface area contributed by atoms with Crippen molar-refractivity contribution in [2.24, 2.45) is 5.92 Å². The van der Waals surface area contributed by atoms with Gasteiger partial charge in [-0.05, 0) is 32.9 Å². The number of hydrogen-bond donors (Lipinski definition) is 1. The summed E-state index contributed by atoms with van der Waals surface area (Å²) in [5.41, 5.74) is 0.667. The maximum Gasteiger partial charge on any atom is 0.333 e. The van der Waals surface area contributed by atoms with Gasteiger partial charge in [-0.15, -0.1) is 0 Å². The number of methoxy groups -OCH3 is 1. The number of nitrogens with zero attached hydrogens (tertiary/aromatic N) is 1. The molecule has 0 aromatic carbocycles. The van der Waals surface area contributed by atoms with Crippen molar-refractivity contribution >= 4 is 5.97 Å². The van der Waals surface area contributed by atoms with E-state index in [2.05, 4.69) is 28.9 Å². The van der Waals surface area contributed by atoms with Crippen LogP contribution in [0.25, 0.3) is 0 Å². The maximum atomic E-state index is 11.2. The third-order valence-corrected chi connectivity index (χ3v) is 3.40. The first kappa shape index (κ1) is 14.2. The summed E-state index contributed by atoms with van der Waals surface area (Å²) in [5.74, 6) is 0.406. The Bertz CT molecular complexity index is 289. The van der Waals surface area contributed by atoms with Gasteiger partial charge in [-0.25, -0.2) is 4.79 Å². The predicted octanol–water partition coefficient (Wildman–Crippen LogP) is 1.04. The van der Waals surface area contributed by atoms with Gasteiger partial charge in [0, 0.05) is 24.7 Å². The molecule has 2 atom stereocenters. The van der Waals surface area contributed by atoms with Crippen LogP contribution >= 0.6 is 0 Å². The molecule has 0 spiro atoms. The summed E-state index contributed by atoms with van der Waals surface area (Å²) in [6.45, 7) is 7.06. The highest BCUT2D eigenvalue weighted by Crippen LogP contribution is 2.15. The van der Waals surface area contributed by atoms with Gasteiger partial charge in [-0.1, -0.05) is 13.0 Å². The van der Waals surface area contributed by atoms with Crippen LogP contribution in [0.15, 0.2) is 11.6 Å². The Morgan fingerprint density at radius 2 is 2.29 bits per heavy atom. The third-order valence-electron chi connectivity index (χ3n) is 3.40. The van der Waals surface area contributed by atoms with E-state index >= 15 is 0 Å². The Kier molecular flexibility index (Phi) is 5.65. The lowest BCUT2D eigenvalue weighted by molar-refractivity contribution is -0.136. The largest absolute Gasteiger partial charge is 0.466 e. The highest BCUT2D eigenvalue weighted by molar-refractivity contribution is 5.87. The van der Waals surface area contributed by atoms with Crippen LogP contribution in [-0.4, -0.2) is 50.7 Å². The topological polar surface area (TPSA) is 41.6 Å². The summed E-state index contributed by atoms with van der Waals surface area (Å²) in [6.07, 6.45) is 3.07. The van der Waals surface area contributed by atoms with E-state index in [1.807, 2.05) is 6.08 Å². The van der Waals surface area contributed by atoms with Gasteiger partial charge in [0.05, 0.1) is 7.11 Å². The van der Waals surface area contributed by atoms with E-state index in [0.29, 0.717) is 17.5 Å². The number of nitrogens with one attached hydrogen (secondary N) is 1. The van der Waals surface area contributed by atoms with Crippen molar-refractivity contribution in [2.45, 2.75) is 26.3 Å². The minimum absolute atomic E-state index is 0.247. The molecule has 1 N–H and O–H groups in total. The summed E-state index contributed by atoms with van der Waals surface area (Å²) in [7, 11) is 3.57. The molecule has 4 heteroatoms. The molecule has 1 saturated heterocycles. The Morgan fingerprint density at radius 3 is 2.88 bits per heavy atom. The molecule has 4 nitrogen and oxygen atoms in total.